The molecule has 0 bridgehead atoms. The SMILES string of the molecule is CC(=O)N1CCCCC1c1ncc2c(n1)CCN(C(=O)Cc1cccc(C)c1)C2. The van der Waals surface area contributed by atoms with Crippen LogP contribution in [0.2, 0.25) is 0 Å². The molecular weight excluding hydrogens is 364 g/mol. The van der Waals surface area contributed by atoms with Crippen molar-refractivity contribution in [3.8, 4) is 0 Å². The summed E-state index contributed by atoms with van der Waals surface area (Å²) in [5, 5.41) is 0. The molecule has 2 amide bonds. The van der Waals surface area contributed by atoms with Gasteiger partial charge in [-0.3, -0.25) is 9.59 Å². The van der Waals surface area contributed by atoms with Gasteiger partial charge >= 0.3 is 0 Å². The van der Waals surface area contributed by atoms with Crippen molar-refractivity contribution in [1.82, 2.24) is 19.8 Å². The number of aryl methyl sites for hydroxylation is 1. The van der Waals surface area contributed by atoms with E-state index in [4.69, 9.17) is 4.98 Å². The van der Waals surface area contributed by atoms with E-state index in [2.05, 4.69) is 11.1 Å². The predicted octanol–water partition coefficient (Wildman–Crippen LogP) is 2.99. The van der Waals surface area contributed by atoms with Gasteiger partial charge in [0.2, 0.25) is 11.8 Å². The Morgan fingerprint density at radius 2 is 2.07 bits per heavy atom. The first-order valence-corrected chi connectivity index (χ1v) is 10.5. The van der Waals surface area contributed by atoms with E-state index >= 15 is 0 Å². The van der Waals surface area contributed by atoms with E-state index in [0.29, 0.717) is 19.5 Å². The van der Waals surface area contributed by atoms with Gasteiger partial charge in [0, 0.05) is 44.7 Å². The lowest BCUT2D eigenvalue weighted by atomic mass is 10.00. The molecule has 1 aromatic heterocycles. The van der Waals surface area contributed by atoms with E-state index in [1.165, 1.54) is 5.56 Å². The first kappa shape index (κ1) is 19.6. The molecule has 3 heterocycles. The molecule has 1 unspecified atom stereocenters. The Labute approximate surface area is 172 Å². The number of carbonyl (C=O) groups is 2. The quantitative estimate of drug-likeness (QED) is 0.805. The molecule has 1 aromatic carbocycles. The maximum absolute atomic E-state index is 12.8. The van der Waals surface area contributed by atoms with E-state index in [1.807, 2.05) is 41.1 Å². The maximum atomic E-state index is 12.8. The Bertz CT molecular complexity index is 927. The van der Waals surface area contributed by atoms with Crippen molar-refractivity contribution in [2.45, 2.75) is 58.5 Å². The molecule has 1 fully saturated rings. The zero-order chi connectivity index (χ0) is 20.4. The number of carbonyl (C=O) groups excluding carboxylic acids is 2. The second-order valence-corrected chi connectivity index (χ2v) is 8.16. The lowest BCUT2D eigenvalue weighted by Gasteiger charge is -2.35. The summed E-state index contributed by atoms with van der Waals surface area (Å²) >= 11 is 0. The molecule has 0 N–H and O–H groups in total. The van der Waals surface area contributed by atoms with Gasteiger partial charge in [-0.05, 0) is 31.7 Å². The predicted molar refractivity (Wildman–Crippen MR) is 110 cm³/mol. The minimum absolute atomic E-state index is 0.0208. The topological polar surface area (TPSA) is 66.4 Å². The van der Waals surface area contributed by atoms with E-state index in [9.17, 15) is 9.59 Å². The van der Waals surface area contributed by atoms with Gasteiger partial charge in [0.25, 0.3) is 0 Å². The van der Waals surface area contributed by atoms with Crippen LogP contribution in [0.4, 0.5) is 0 Å². The molecule has 29 heavy (non-hydrogen) atoms. The Morgan fingerprint density at radius 3 is 2.86 bits per heavy atom. The number of benzene rings is 1. The summed E-state index contributed by atoms with van der Waals surface area (Å²) in [6.07, 6.45) is 6.06. The van der Waals surface area contributed by atoms with E-state index in [0.717, 1.165) is 54.9 Å². The summed E-state index contributed by atoms with van der Waals surface area (Å²) in [5.74, 6) is 0.975. The lowest BCUT2D eigenvalue weighted by molar-refractivity contribution is -0.133. The number of rotatable bonds is 3. The molecule has 152 valence electrons. The highest BCUT2D eigenvalue weighted by molar-refractivity contribution is 5.79. The highest BCUT2D eigenvalue weighted by Crippen LogP contribution is 2.30. The van der Waals surface area contributed by atoms with E-state index in [-0.39, 0.29) is 17.9 Å². The monoisotopic (exact) mass is 392 g/mol. The fraction of sp³-hybridized carbons (Fsp3) is 0.478. The second kappa shape index (κ2) is 8.31. The van der Waals surface area contributed by atoms with Crippen LogP contribution in [0.15, 0.2) is 30.5 Å². The van der Waals surface area contributed by atoms with Gasteiger partial charge in [-0.2, -0.15) is 0 Å². The van der Waals surface area contributed by atoms with Crippen molar-refractivity contribution < 1.29 is 9.59 Å². The number of nitrogens with zero attached hydrogens (tertiary/aromatic N) is 4. The zero-order valence-corrected chi connectivity index (χ0v) is 17.2. The molecule has 1 saturated heterocycles. The van der Waals surface area contributed by atoms with Crippen molar-refractivity contribution in [2.75, 3.05) is 13.1 Å². The molecule has 2 aromatic rings. The Hall–Kier alpha value is -2.76. The number of aromatic nitrogens is 2. The van der Waals surface area contributed by atoms with Crippen LogP contribution in [0.3, 0.4) is 0 Å². The Morgan fingerprint density at radius 1 is 1.21 bits per heavy atom. The maximum Gasteiger partial charge on any atom is 0.227 e. The Kier molecular flexibility index (Phi) is 5.60. The molecule has 4 rings (SSSR count). The van der Waals surface area contributed by atoms with Gasteiger partial charge in [0.1, 0.15) is 0 Å². The van der Waals surface area contributed by atoms with Crippen LogP contribution in [-0.4, -0.2) is 44.7 Å². The minimum Gasteiger partial charge on any atom is -0.338 e. The number of fused-ring (bicyclic) bond motifs is 1. The third kappa shape index (κ3) is 4.31. The highest BCUT2D eigenvalue weighted by Gasteiger charge is 2.29. The molecule has 0 spiro atoms. The third-order valence-electron chi connectivity index (χ3n) is 5.95. The van der Waals surface area contributed by atoms with Crippen molar-refractivity contribution >= 4 is 11.8 Å². The fourth-order valence-electron chi connectivity index (χ4n) is 4.39. The van der Waals surface area contributed by atoms with Crippen LogP contribution >= 0.6 is 0 Å². The van der Waals surface area contributed by atoms with Gasteiger partial charge in [0.05, 0.1) is 18.2 Å². The van der Waals surface area contributed by atoms with E-state index in [1.54, 1.807) is 6.92 Å². The van der Waals surface area contributed by atoms with Crippen LogP contribution in [-0.2, 0) is 29.0 Å². The number of amides is 2. The standard InChI is InChI=1S/C23H28N4O2/c1-16-6-5-7-18(12-16)13-22(29)26-11-9-20-19(15-26)14-24-23(25-20)21-8-3-4-10-27(21)17(2)28/h5-7,12,14,21H,3-4,8-11,13,15H2,1-2H3. The molecular formula is C23H28N4O2. The summed E-state index contributed by atoms with van der Waals surface area (Å²) in [7, 11) is 0. The smallest absolute Gasteiger partial charge is 0.227 e. The summed E-state index contributed by atoms with van der Waals surface area (Å²) < 4.78 is 0. The summed E-state index contributed by atoms with van der Waals surface area (Å²) in [5.41, 5.74) is 4.25. The first-order valence-electron chi connectivity index (χ1n) is 10.5. The van der Waals surface area contributed by atoms with Crippen LogP contribution in [0.25, 0.3) is 0 Å². The molecule has 6 heteroatoms. The van der Waals surface area contributed by atoms with E-state index < -0.39 is 0 Å². The van der Waals surface area contributed by atoms with Gasteiger partial charge in [-0.1, -0.05) is 29.8 Å². The number of piperidine rings is 1. The zero-order valence-electron chi connectivity index (χ0n) is 17.2. The summed E-state index contributed by atoms with van der Waals surface area (Å²) in [6, 6.07) is 8.08. The van der Waals surface area contributed by atoms with Gasteiger partial charge < -0.3 is 9.80 Å². The van der Waals surface area contributed by atoms with Crippen LogP contribution in [0, 0.1) is 6.92 Å². The van der Waals surface area contributed by atoms with Crippen molar-refractivity contribution in [1.29, 1.82) is 0 Å². The third-order valence-corrected chi connectivity index (χ3v) is 5.95. The van der Waals surface area contributed by atoms with Gasteiger partial charge in [-0.25, -0.2) is 9.97 Å². The first-order chi connectivity index (χ1) is 14.0. The minimum atomic E-state index is -0.0208. The van der Waals surface area contributed by atoms with Crippen LogP contribution in [0.1, 0.15) is 60.4 Å². The number of hydrogen-bond acceptors (Lipinski definition) is 4. The van der Waals surface area contributed by atoms with Crippen molar-refractivity contribution in [2.24, 2.45) is 0 Å². The van der Waals surface area contributed by atoms with Crippen molar-refractivity contribution in [3.05, 3.63) is 58.7 Å². The number of likely N-dealkylation sites (tertiary alicyclic amines) is 1. The summed E-state index contributed by atoms with van der Waals surface area (Å²) in [4.78, 5) is 38.0. The molecule has 0 radical (unpaired) electrons. The molecule has 2 aliphatic heterocycles. The fourth-order valence-corrected chi connectivity index (χ4v) is 4.39. The van der Waals surface area contributed by atoms with Gasteiger partial charge in [-0.15, -0.1) is 0 Å². The molecule has 0 saturated carbocycles. The highest BCUT2D eigenvalue weighted by atomic mass is 16.2. The lowest BCUT2D eigenvalue weighted by Crippen LogP contribution is -2.39. The molecule has 2 aliphatic rings. The summed E-state index contributed by atoms with van der Waals surface area (Å²) in [6.45, 7) is 5.67. The second-order valence-electron chi connectivity index (χ2n) is 8.16. The van der Waals surface area contributed by atoms with Crippen LogP contribution < -0.4 is 0 Å². The largest absolute Gasteiger partial charge is 0.338 e. The molecule has 6 nitrogen and oxygen atoms in total. The Balaban J connectivity index is 1.46. The average molecular weight is 393 g/mol. The average Bonchev–Trinajstić information content (AvgIpc) is 2.73. The van der Waals surface area contributed by atoms with Crippen molar-refractivity contribution in [3.63, 3.8) is 0 Å². The number of hydrogen-bond donors (Lipinski definition) is 0. The molecule has 1 atom stereocenters. The molecule has 0 aliphatic carbocycles. The normalized spacial score (nSPS) is 19.0. The van der Waals surface area contributed by atoms with Gasteiger partial charge in [0.15, 0.2) is 5.82 Å². The van der Waals surface area contributed by atoms with Crippen LogP contribution in [0.5, 0.6) is 0 Å².